The molecule has 0 unspecified atom stereocenters. The van der Waals surface area contributed by atoms with E-state index in [4.69, 9.17) is 5.73 Å². The second-order valence-electron chi connectivity index (χ2n) is 3.81. The first kappa shape index (κ1) is 13.9. The maximum absolute atomic E-state index is 11.2. The standard InChI is InChI=1S/C10H21N3O2/c1-8(2)13-7-10(15)12-6-4-3-5-9(11)14/h8,13H,3-7H2,1-2H3,(H2,11,14)(H,12,15). The Labute approximate surface area is 90.8 Å². The molecule has 0 spiro atoms. The molecule has 0 aromatic carbocycles. The summed E-state index contributed by atoms with van der Waals surface area (Å²) in [5.74, 6) is -0.300. The van der Waals surface area contributed by atoms with Gasteiger partial charge < -0.3 is 16.4 Å². The van der Waals surface area contributed by atoms with Gasteiger partial charge in [0, 0.05) is 19.0 Å². The van der Waals surface area contributed by atoms with Crippen molar-refractivity contribution in [1.82, 2.24) is 10.6 Å². The summed E-state index contributed by atoms with van der Waals surface area (Å²) < 4.78 is 0. The highest BCUT2D eigenvalue weighted by Crippen LogP contribution is 1.91. The minimum atomic E-state index is -0.289. The maximum atomic E-state index is 11.2. The van der Waals surface area contributed by atoms with Crippen molar-refractivity contribution in [3.05, 3.63) is 0 Å². The first-order valence-corrected chi connectivity index (χ1v) is 5.30. The number of nitrogens with one attached hydrogen (secondary N) is 2. The fraction of sp³-hybridized carbons (Fsp3) is 0.800. The van der Waals surface area contributed by atoms with Crippen molar-refractivity contribution in [1.29, 1.82) is 0 Å². The topological polar surface area (TPSA) is 84.2 Å². The van der Waals surface area contributed by atoms with E-state index in [1.807, 2.05) is 13.8 Å². The van der Waals surface area contributed by atoms with Crippen LogP contribution in [0.1, 0.15) is 33.1 Å². The van der Waals surface area contributed by atoms with Gasteiger partial charge in [-0.2, -0.15) is 0 Å². The van der Waals surface area contributed by atoms with Crippen LogP contribution in [0.25, 0.3) is 0 Å². The minimum Gasteiger partial charge on any atom is -0.370 e. The molecule has 0 rings (SSSR count). The molecule has 0 aliphatic rings. The van der Waals surface area contributed by atoms with Crippen LogP contribution < -0.4 is 16.4 Å². The zero-order valence-corrected chi connectivity index (χ0v) is 9.51. The van der Waals surface area contributed by atoms with Gasteiger partial charge in [-0.05, 0) is 12.8 Å². The molecule has 0 aliphatic carbocycles. The smallest absolute Gasteiger partial charge is 0.233 e. The van der Waals surface area contributed by atoms with Gasteiger partial charge in [-0.15, -0.1) is 0 Å². The monoisotopic (exact) mass is 215 g/mol. The molecule has 0 fully saturated rings. The summed E-state index contributed by atoms with van der Waals surface area (Å²) in [6, 6.07) is 0.311. The minimum absolute atomic E-state index is 0.0113. The number of rotatable bonds is 8. The van der Waals surface area contributed by atoms with Crippen LogP contribution >= 0.6 is 0 Å². The van der Waals surface area contributed by atoms with Gasteiger partial charge in [-0.25, -0.2) is 0 Å². The van der Waals surface area contributed by atoms with Crippen molar-refractivity contribution >= 4 is 11.8 Å². The Hall–Kier alpha value is -1.10. The first-order valence-electron chi connectivity index (χ1n) is 5.30. The van der Waals surface area contributed by atoms with E-state index in [9.17, 15) is 9.59 Å². The van der Waals surface area contributed by atoms with Gasteiger partial charge in [0.05, 0.1) is 6.54 Å². The molecule has 0 atom stereocenters. The third-order valence-corrected chi connectivity index (χ3v) is 1.84. The van der Waals surface area contributed by atoms with E-state index < -0.39 is 0 Å². The zero-order chi connectivity index (χ0) is 11.7. The van der Waals surface area contributed by atoms with E-state index in [-0.39, 0.29) is 11.8 Å². The number of carbonyl (C=O) groups is 2. The normalized spacial score (nSPS) is 10.3. The van der Waals surface area contributed by atoms with Crippen molar-refractivity contribution in [2.24, 2.45) is 5.73 Å². The van der Waals surface area contributed by atoms with Crippen LogP contribution in [0.5, 0.6) is 0 Å². The molecule has 0 aromatic rings. The lowest BCUT2D eigenvalue weighted by Crippen LogP contribution is -2.37. The Bertz CT molecular complexity index is 205. The van der Waals surface area contributed by atoms with Crippen LogP contribution in [-0.4, -0.2) is 30.9 Å². The second kappa shape index (κ2) is 8.23. The van der Waals surface area contributed by atoms with Crippen molar-refractivity contribution in [2.75, 3.05) is 13.1 Å². The average Bonchev–Trinajstić information content (AvgIpc) is 2.13. The van der Waals surface area contributed by atoms with Crippen LogP contribution in [0, 0.1) is 0 Å². The quantitative estimate of drug-likeness (QED) is 0.488. The number of carbonyl (C=O) groups excluding carboxylic acids is 2. The lowest BCUT2D eigenvalue weighted by molar-refractivity contribution is -0.120. The van der Waals surface area contributed by atoms with E-state index in [1.165, 1.54) is 0 Å². The number of hydrogen-bond acceptors (Lipinski definition) is 3. The van der Waals surface area contributed by atoms with E-state index in [0.717, 1.165) is 12.8 Å². The van der Waals surface area contributed by atoms with Crippen LogP contribution in [0.15, 0.2) is 0 Å². The third kappa shape index (κ3) is 10.8. The summed E-state index contributed by atoms with van der Waals surface area (Å²) in [5, 5.41) is 5.78. The van der Waals surface area contributed by atoms with Crippen LogP contribution in [0.4, 0.5) is 0 Å². The molecule has 15 heavy (non-hydrogen) atoms. The van der Waals surface area contributed by atoms with E-state index in [0.29, 0.717) is 25.6 Å². The van der Waals surface area contributed by atoms with E-state index in [1.54, 1.807) is 0 Å². The molecular formula is C10H21N3O2. The Kier molecular flexibility index (Phi) is 7.62. The summed E-state index contributed by atoms with van der Waals surface area (Å²) in [6.45, 7) is 4.92. The van der Waals surface area contributed by atoms with Crippen LogP contribution in [0.2, 0.25) is 0 Å². The van der Waals surface area contributed by atoms with Crippen molar-refractivity contribution < 1.29 is 9.59 Å². The number of hydrogen-bond donors (Lipinski definition) is 3. The number of unbranched alkanes of at least 4 members (excludes halogenated alkanes) is 1. The molecule has 0 aliphatic heterocycles. The summed E-state index contributed by atoms with van der Waals surface area (Å²) in [4.78, 5) is 21.6. The number of amides is 2. The van der Waals surface area contributed by atoms with Gasteiger partial charge in [0.25, 0.3) is 0 Å². The maximum Gasteiger partial charge on any atom is 0.233 e. The van der Waals surface area contributed by atoms with E-state index >= 15 is 0 Å². The number of primary amides is 1. The predicted octanol–water partition coefficient (Wildman–Crippen LogP) is -0.244. The molecule has 0 radical (unpaired) electrons. The molecule has 0 heterocycles. The predicted molar refractivity (Wildman–Crippen MR) is 59.2 cm³/mol. The first-order chi connectivity index (χ1) is 7.02. The molecule has 5 nitrogen and oxygen atoms in total. The van der Waals surface area contributed by atoms with Crippen molar-refractivity contribution in [3.63, 3.8) is 0 Å². The van der Waals surface area contributed by atoms with Crippen molar-refractivity contribution in [3.8, 4) is 0 Å². The Morgan fingerprint density at radius 1 is 1.27 bits per heavy atom. The zero-order valence-electron chi connectivity index (χ0n) is 9.51. The Morgan fingerprint density at radius 3 is 2.47 bits per heavy atom. The average molecular weight is 215 g/mol. The van der Waals surface area contributed by atoms with Gasteiger partial charge >= 0.3 is 0 Å². The highest BCUT2D eigenvalue weighted by atomic mass is 16.2. The summed E-state index contributed by atoms with van der Waals surface area (Å²) in [5.41, 5.74) is 4.98. The summed E-state index contributed by atoms with van der Waals surface area (Å²) in [7, 11) is 0. The molecule has 2 amide bonds. The lowest BCUT2D eigenvalue weighted by atomic mass is 10.2. The third-order valence-electron chi connectivity index (χ3n) is 1.84. The molecule has 0 bridgehead atoms. The Morgan fingerprint density at radius 2 is 1.93 bits per heavy atom. The Balaban J connectivity index is 3.28. The van der Waals surface area contributed by atoms with Gasteiger partial charge in [-0.1, -0.05) is 13.8 Å². The summed E-state index contributed by atoms with van der Waals surface area (Å²) in [6.07, 6.45) is 1.91. The van der Waals surface area contributed by atoms with Gasteiger partial charge in [0.15, 0.2) is 0 Å². The second-order valence-corrected chi connectivity index (χ2v) is 3.81. The molecule has 4 N–H and O–H groups in total. The fourth-order valence-corrected chi connectivity index (χ4v) is 1.01. The van der Waals surface area contributed by atoms with Gasteiger partial charge in [0.1, 0.15) is 0 Å². The summed E-state index contributed by atoms with van der Waals surface area (Å²) >= 11 is 0. The lowest BCUT2D eigenvalue weighted by Gasteiger charge is -2.08. The van der Waals surface area contributed by atoms with Crippen molar-refractivity contribution in [2.45, 2.75) is 39.2 Å². The van der Waals surface area contributed by atoms with Crippen LogP contribution in [0.3, 0.4) is 0 Å². The molecule has 0 saturated carbocycles. The van der Waals surface area contributed by atoms with Gasteiger partial charge in [-0.3, -0.25) is 9.59 Å². The SMILES string of the molecule is CC(C)NCC(=O)NCCCCC(N)=O. The molecule has 0 saturated heterocycles. The highest BCUT2D eigenvalue weighted by Gasteiger charge is 2.01. The highest BCUT2D eigenvalue weighted by molar-refractivity contribution is 5.78. The number of nitrogens with two attached hydrogens (primary N) is 1. The molecule has 88 valence electrons. The fourth-order valence-electron chi connectivity index (χ4n) is 1.01. The van der Waals surface area contributed by atoms with E-state index in [2.05, 4.69) is 10.6 Å². The molecular weight excluding hydrogens is 194 g/mol. The van der Waals surface area contributed by atoms with Gasteiger partial charge in [0.2, 0.25) is 11.8 Å². The molecule has 5 heteroatoms. The molecule has 0 aromatic heterocycles. The largest absolute Gasteiger partial charge is 0.370 e. The van der Waals surface area contributed by atoms with Crippen LogP contribution in [-0.2, 0) is 9.59 Å².